The van der Waals surface area contributed by atoms with Crippen LogP contribution in [0.25, 0.3) is 0 Å². The third-order valence-corrected chi connectivity index (χ3v) is 5.39. The number of sulfonamides is 1. The lowest BCUT2D eigenvalue weighted by Crippen LogP contribution is -2.27. The number of anilines is 1. The minimum Gasteiger partial charge on any atom is -0.392 e. The molecule has 0 saturated carbocycles. The summed E-state index contributed by atoms with van der Waals surface area (Å²) in [5.74, 6) is 0. The zero-order chi connectivity index (χ0) is 17.3. The topological polar surface area (TPSA) is 70.5 Å². The summed E-state index contributed by atoms with van der Waals surface area (Å²) in [5, 5.41) is 9.19. The smallest absolute Gasteiger partial charge is 0.265 e. The van der Waals surface area contributed by atoms with Gasteiger partial charge in [0.15, 0.2) is 0 Å². The van der Waals surface area contributed by atoms with Crippen LogP contribution in [0.2, 0.25) is 0 Å². The number of benzene rings is 1. The Balaban J connectivity index is 2.37. The van der Waals surface area contributed by atoms with Crippen molar-refractivity contribution < 1.29 is 13.5 Å². The van der Waals surface area contributed by atoms with Crippen molar-refractivity contribution in [2.24, 2.45) is 0 Å². The third kappa shape index (κ3) is 3.71. The van der Waals surface area contributed by atoms with E-state index in [1.165, 1.54) is 17.5 Å². The van der Waals surface area contributed by atoms with Crippen LogP contribution in [0.15, 0.2) is 47.5 Å². The summed E-state index contributed by atoms with van der Waals surface area (Å²) in [5.41, 5.74) is 1.85. The standard InChI is InChI=1S/C17H22N2O3S/c1-17(2,3)16-9-8-15(11-18-16)23(21,22)19(4)14-7-5-6-13(10-14)12-20/h5-11,20H,12H2,1-4H3. The van der Waals surface area contributed by atoms with Crippen LogP contribution in [0.3, 0.4) is 0 Å². The van der Waals surface area contributed by atoms with Crippen LogP contribution in [0, 0.1) is 0 Å². The van der Waals surface area contributed by atoms with Gasteiger partial charge in [-0.25, -0.2) is 8.42 Å². The van der Waals surface area contributed by atoms with Gasteiger partial charge in [0.1, 0.15) is 4.90 Å². The molecule has 0 fully saturated rings. The molecule has 2 aromatic rings. The molecule has 0 bridgehead atoms. The van der Waals surface area contributed by atoms with E-state index >= 15 is 0 Å². The van der Waals surface area contributed by atoms with Crippen molar-refractivity contribution in [2.45, 2.75) is 37.7 Å². The van der Waals surface area contributed by atoms with Gasteiger partial charge >= 0.3 is 0 Å². The number of nitrogens with zero attached hydrogens (tertiary/aromatic N) is 2. The molecule has 0 aliphatic heterocycles. The lowest BCUT2D eigenvalue weighted by atomic mass is 9.92. The largest absolute Gasteiger partial charge is 0.392 e. The van der Waals surface area contributed by atoms with Crippen LogP contribution in [0.5, 0.6) is 0 Å². The Labute approximate surface area is 137 Å². The van der Waals surface area contributed by atoms with Crippen molar-refractivity contribution in [3.8, 4) is 0 Å². The molecule has 1 N–H and O–H groups in total. The van der Waals surface area contributed by atoms with E-state index in [4.69, 9.17) is 0 Å². The average Bonchev–Trinajstić information content (AvgIpc) is 2.53. The molecule has 0 atom stereocenters. The van der Waals surface area contributed by atoms with Crippen molar-refractivity contribution >= 4 is 15.7 Å². The zero-order valence-electron chi connectivity index (χ0n) is 13.8. The van der Waals surface area contributed by atoms with Crippen molar-refractivity contribution in [2.75, 3.05) is 11.4 Å². The van der Waals surface area contributed by atoms with Crippen LogP contribution in [-0.4, -0.2) is 25.6 Å². The van der Waals surface area contributed by atoms with E-state index in [2.05, 4.69) is 4.98 Å². The molecule has 0 amide bonds. The van der Waals surface area contributed by atoms with E-state index in [0.29, 0.717) is 11.3 Å². The summed E-state index contributed by atoms with van der Waals surface area (Å²) in [4.78, 5) is 4.42. The molecular weight excluding hydrogens is 312 g/mol. The van der Waals surface area contributed by atoms with Crippen LogP contribution in [-0.2, 0) is 22.0 Å². The second kappa shape index (κ2) is 6.29. The Morgan fingerprint density at radius 1 is 1.17 bits per heavy atom. The molecule has 0 unspecified atom stereocenters. The van der Waals surface area contributed by atoms with Crippen LogP contribution in [0.4, 0.5) is 5.69 Å². The van der Waals surface area contributed by atoms with Crippen LogP contribution in [0.1, 0.15) is 32.0 Å². The number of rotatable bonds is 4. The highest BCUT2D eigenvalue weighted by atomic mass is 32.2. The van der Waals surface area contributed by atoms with Gasteiger partial charge in [-0.3, -0.25) is 9.29 Å². The van der Waals surface area contributed by atoms with Gasteiger partial charge in [-0.2, -0.15) is 0 Å². The molecule has 1 heterocycles. The number of aromatic nitrogens is 1. The molecule has 124 valence electrons. The van der Waals surface area contributed by atoms with Crippen LogP contribution < -0.4 is 4.31 Å². The van der Waals surface area contributed by atoms with Gasteiger partial charge in [0.2, 0.25) is 0 Å². The van der Waals surface area contributed by atoms with Crippen molar-refractivity contribution in [3.63, 3.8) is 0 Å². The maximum atomic E-state index is 12.7. The SMILES string of the molecule is CN(c1cccc(CO)c1)S(=O)(=O)c1ccc(C(C)(C)C)nc1. The second-order valence-corrected chi connectivity index (χ2v) is 8.40. The Morgan fingerprint density at radius 3 is 2.39 bits per heavy atom. The molecule has 6 heteroatoms. The molecule has 0 saturated heterocycles. The fourth-order valence-corrected chi connectivity index (χ4v) is 3.26. The molecule has 23 heavy (non-hydrogen) atoms. The number of pyridine rings is 1. The predicted molar refractivity (Wildman–Crippen MR) is 90.9 cm³/mol. The minimum absolute atomic E-state index is 0.135. The summed E-state index contributed by atoms with van der Waals surface area (Å²) < 4.78 is 26.6. The highest BCUT2D eigenvalue weighted by Gasteiger charge is 2.23. The highest BCUT2D eigenvalue weighted by Crippen LogP contribution is 2.25. The monoisotopic (exact) mass is 334 g/mol. The summed E-state index contributed by atoms with van der Waals surface area (Å²) in [6, 6.07) is 10.1. The van der Waals surface area contributed by atoms with Gasteiger partial charge in [0, 0.05) is 24.4 Å². The van der Waals surface area contributed by atoms with Crippen LogP contribution >= 0.6 is 0 Å². The van der Waals surface area contributed by atoms with Gasteiger partial charge in [-0.15, -0.1) is 0 Å². The second-order valence-electron chi connectivity index (χ2n) is 6.43. The minimum atomic E-state index is -3.69. The van der Waals surface area contributed by atoms with Gasteiger partial charge in [-0.1, -0.05) is 32.9 Å². The van der Waals surface area contributed by atoms with E-state index in [-0.39, 0.29) is 16.9 Å². The fraction of sp³-hybridized carbons (Fsp3) is 0.353. The first kappa shape index (κ1) is 17.4. The molecule has 0 aliphatic rings. The number of aliphatic hydroxyl groups excluding tert-OH is 1. The van der Waals surface area contributed by atoms with Crippen molar-refractivity contribution in [1.82, 2.24) is 4.98 Å². The molecule has 5 nitrogen and oxygen atoms in total. The summed E-state index contributed by atoms with van der Waals surface area (Å²) in [6.07, 6.45) is 1.39. The number of hydrogen-bond donors (Lipinski definition) is 1. The first-order chi connectivity index (χ1) is 10.7. The first-order valence-electron chi connectivity index (χ1n) is 7.31. The van der Waals surface area contributed by atoms with Crippen molar-refractivity contribution in [1.29, 1.82) is 0 Å². The van der Waals surface area contributed by atoms with Gasteiger partial charge < -0.3 is 5.11 Å². The molecule has 1 aromatic heterocycles. The summed E-state index contributed by atoms with van der Waals surface area (Å²) in [6.45, 7) is 5.94. The van der Waals surface area contributed by atoms with E-state index in [0.717, 1.165) is 5.69 Å². The van der Waals surface area contributed by atoms with Gasteiger partial charge in [0.05, 0.1) is 12.3 Å². The van der Waals surface area contributed by atoms with Crippen molar-refractivity contribution in [3.05, 3.63) is 53.9 Å². The number of hydrogen-bond acceptors (Lipinski definition) is 4. The molecular formula is C17H22N2O3S. The molecule has 2 rings (SSSR count). The molecule has 0 aliphatic carbocycles. The maximum Gasteiger partial charge on any atom is 0.265 e. The third-order valence-electron chi connectivity index (χ3n) is 3.62. The predicted octanol–water partition coefficient (Wildman–Crippen LogP) is 2.70. The van der Waals surface area contributed by atoms with Gasteiger partial charge in [-0.05, 0) is 29.8 Å². The first-order valence-corrected chi connectivity index (χ1v) is 8.75. The molecule has 0 radical (unpaired) electrons. The Bertz CT molecular complexity index is 778. The summed E-state index contributed by atoms with van der Waals surface area (Å²) in [7, 11) is -2.20. The number of aliphatic hydroxyl groups is 1. The van der Waals surface area contributed by atoms with E-state index < -0.39 is 10.0 Å². The quantitative estimate of drug-likeness (QED) is 0.933. The normalized spacial score (nSPS) is 12.2. The zero-order valence-corrected chi connectivity index (χ0v) is 14.6. The van der Waals surface area contributed by atoms with Gasteiger partial charge in [0.25, 0.3) is 10.0 Å². The Hall–Kier alpha value is -1.92. The molecule has 1 aromatic carbocycles. The maximum absolute atomic E-state index is 12.7. The highest BCUT2D eigenvalue weighted by molar-refractivity contribution is 7.92. The van der Waals surface area contributed by atoms with E-state index in [1.807, 2.05) is 20.8 Å². The van der Waals surface area contributed by atoms with E-state index in [9.17, 15) is 13.5 Å². The lowest BCUT2D eigenvalue weighted by molar-refractivity contribution is 0.282. The Morgan fingerprint density at radius 2 is 1.87 bits per heavy atom. The Kier molecular flexibility index (Phi) is 4.77. The fourth-order valence-electron chi connectivity index (χ4n) is 2.12. The van der Waals surface area contributed by atoms with E-state index in [1.54, 1.807) is 36.4 Å². The lowest BCUT2D eigenvalue weighted by Gasteiger charge is -2.21. The molecule has 0 spiro atoms. The summed E-state index contributed by atoms with van der Waals surface area (Å²) >= 11 is 0. The average molecular weight is 334 g/mol.